The van der Waals surface area contributed by atoms with Crippen LogP contribution in [-0.2, 0) is 4.79 Å². The molecule has 1 rings (SSSR count). The van der Waals surface area contributed by atoms with E-state index in [1.54, 1.807) is 18.2 Å². The molecule has 0 aliphatic heterocycles. The lowest BCUT2D eigenvalue weighted by Crippen LogP contribution is -2.11. The largest absolute Gasteiger partial charge is 0.491 e. The normalized spacial score (nSPS) is 11.1. The smallest absolute Gasteiger partial charge is 0.328 e. The maximum absolute atomic E-state index is 12.0. The maximum atomic E-state index is 12.0. The summed E-state index contributed by atoms with van der Waals surface area (Å²) in [6, 6.07) is 4.88. The van der Waals surface area contributed by atoms with E-state index in [2.05, 4.69) is 0 Å². The van der Waals surface area contributed by atoms with Gasteiger partial charge in [0.25, 0.3) is 0 Å². The molecule has 0 radical (unpaired) electrons. The highest BCUT2D eigenvalue weighted by Crippen LogP contribution is 2.27. The van der Waals surface area contributed by atoms with Gasteiger partial charge in [0.15, 0.2) is 5.78 Å². The van der Waals surface area contributed by atoms with Gasteiger partial charge in [0, 0.05) is 12.1 Å². The summed E-state index contributed by atoms with van der Waals surface area (Å²) >= 11 is 0. The monoisotopic (exact) mass is 292 g/mol. The fourth-order valence-corrected chi connectivity index (χ4v) is 1.64. The van der Waals surface area contributed by atoms with E-state index in [9.17, 15) is 9.59 Å². The third-order valence-corrected chi connectivity index (χ3v) is 2.33. The van der Waals surface area contributed by atoms with Crippen LogP contribution in [0.15, 0.2) is 30.4 Å². The van der Waals surface area contributed by atoms with Gasteiger partial charge in [-0.15, -0.1) is 0 Å². The molecule has 0 unspecified atom stereocenters. The van der Waals surface area contributed by atoms with Gasteiger partial charge in [0.2, 0.25) is 0 Å². The minimum atomic E-state index is -1.17. The molecule has 0 heterocycles. The molecule has 0 amide bonds. The lowest BCUT2D eigenvalue weighted by molar-refractivity contribution is -0.131. The van der Waals surface area contributed by atoms with Gasteiger partial charge in [0.05, 0.1) is 17.8 Å². The van der Waals surface area contributed by atoms with Crippen molar-refractivity contribution in [2.45, 2.75) is 39.9 Å². The van der Waals surface area contributed by atoms with E-state index in [0.717, 1.165) is 12.2 Å². The molecule has 1 N–H and O–H groups in total. The number of carbonyl (C=O) groups is 2. The van der Waals surface area contributed by atoms with Crippen LogP contribution in [0.25, 0.3) is 0 Å². The van der Waals surface area contributed by atoms with E-state index >= 15 is 0 Å². The average Bonchev–Trinajstić information content (AvgIpc) is 2.34. The average molecular weight is 292 g/mol. The van der Waals surface area contributed by atoms with Gasteiger partial charge in [-0.05, 0) is 45.9 Å². The lowest BCUT2D eigenvalue weighted by atomic mass is 10.1. The fraction of sp³-hybridized carbons (Fsp3) is 0.375. The van der Waals surface area contributed by atoms with Crippen LogP contribution in [0.4, 0.5) is 0 Å². The minimum absolute atomic E-state index is 0.00496. The van der Waals surface area contributed by atoms with Crippen LogP contribution in [0, 0.1) is 0 Å². The van der Waals surface area contributed by atoms with Crippen molar-refractivity contribution in [1.82, 2.24) is 0 Å². The Labute approximate surface area is 124 Å². The predicted molar refractivity (Wildman–Crippen MR) is 79.1 cm³/mol. The third kappa shape index (κ3) is 5.69. The van der Waals surface area contributed by atoms with Crippen LogP contribution in [0.1, 0.15) is 38.1 Å². The van der Waals surface area contributed by atoms with Crippen molar-refractivity contribution in [1.29, 1.82) is 0 Å². The van der Waals surface area contributed by atoms with Crippen LogP contribution in [-0.4, -0.2) is 29.1 Å². The van der Waals surface area contributed by atoms with E-state index in [1.807, 2.05) is 27.7 Å². The second kappa shape index (κ2) is 7.47. The quantitative estimate of drug-likeness (QED) is 0.617. The SMILES string of the molecule is CC(C)Oc1ccc(C(=O)/C=C/C(=O)O)c(OC(C)C)c1. The van der Waals surface area contributed by atoms with Crippen LogP contribution in [0.2, 0.25) is 0 Å². The number of carbonyl (C=O) groups excluding carboxylic acids is 1. The summed E-state index contributed by atoms with van der Waals surface area (Å²) < 4.78 is 11.2. The first-order valence-corrected chi connectivity index (χ1v) is 6.72. The molecule has 0 saturated heterocycles. The van der Waals surface area contributed by atoms with Gasteiger partial charge >= 0.3 is 5.97 Å². The van der Waals surface area contributed by atoms with E-state index in [1.165, 1.54) is 0 Å². The Hall–Kier alpha value is -2.30. The van der Waals surface area contributed by atoms with E-state index < -0.39 is 11.8 Å². The lowest BCUT2D eigenvalue weighted by Gasteiger charge is -2.16. The number of aliphatic carboxylic acids is 1. The molecule has 0 aliphatic carbocycles. The van der Waals surface area contributed by atoms with Crippen molar-refractivity contribution >= 4 is 11.8 Å². The molecule has 0 aromatic heterocycles. The first-order chi connectivity index (χ1) is 9.79. The number of rotatable bonds is 7. The maximum Gasteiger partial charge on any atom is 0.328 e. The molecule has 21 heavy (non-hydrogen) atoms. The Morgan fingerprint density at radius 2 is 1.67 bits per heavy atom. The Balaban J connectivity index is 3.11. The second-order valence-electron chi connectivity index (χ2n) is 5.03. The zero-order chi connectivity index (χ0) is 16.0. The fourth-order valence-electron chi connectivity index (χ4n) is 1.64. The van der Waals surface area contributed by atoms with Crippen molar-refractivity contribution in [3.05, 3.63) is 35.9 Å². The molecular weight excluding hydrogens is 272 g/mol. The number of hydrogen-bond donors (Lipinski definition) is 1. The second-order valence-corrected chi connectivity index (χ2v) is 5.03. The molecule has 0 spiro atoms. The van der Waals surface area contributed by atoms with Crippen molar-refractivity contribution < 1.29 is 24.2 Å². The standard InChI is InChI=1S/C16H20O5/c1-10(2)20-12-5-6-13(14(17)7-8-16(18)19)15(9-12)21-11(3)4/h5-11H,1-4H3,(H,18,19)/b8-7+. The molecule has 1 aromatic carbocycles. The summed E-state index contributed by atoms with van der Waals surface area (Å²) in [6.45, 7) is 7.49. The Bertz CT molecular complexity index is 544. The van der Waals surface area contributed by atoms with Crippen molar-refractivity contribution in [2.75, 3.05) is 0 Å². The van der Waals surface area contributed by atoms with Crippen LogP contribution < -0.4 is 9.47 Å². The van der Waals surface area contributed by atoms with Crippen LogP contribution in [0.3, 0.4) is 0 Å². The molecule has 0 saturated carbocycles. The summed E-state index contributed by atoms with van der Waals surface area (Å²) in [6.07, 6.45) is 1.70. The summed E-state index contributed by atoms with van der Waals surface area (Å²) in [5, 5.41) is 8.58. The number of ether oxygens (including phenoxy) is 2. The van der Waals surface area contributed by atoms with Gasteiger partial charge in [-0.3, -0.25) is 4.79 Å². The van der Waals surface area contributed by atoms with Crippen LogP contribution >= 0.6 is 0 Å². The van der Waals surface area contributed by atoms with Gasteiger partial charge in [0.1, 0.15) is 11.5 Å². The minimum Gasteiger partial charge on any atom is -0.491 e. The molecule has 0 aliphatic rings. The first-order valence-electron chi connectivity index (χ1n) is 6.72. The van der Waals surface area contributed by atoms with Crippen LogP contribution in [0.5, 0.6) is 11.5 Å². The third-order valence-electron chi connectivity index (χ3n) is 2.33. The molecule has 5 nitrogen and oxygen atoms in total. The number of carboxylic acid groups (broad SMARTS) is 1. The summed E-state index contributed by atoms with van der Waals surface area (Å²) in [4.78, 5) is 22.5. The van der Waals surface area contributed by atoms with Crippen molar-refractivity contribution in [3.8, 4) is 11.5 Å². The van der Waals surface area contributed by atoms with Crippen molar-refractivity contribution in [2.24, 2.45) is 0 Å². The van der Waals surface area contributed by atoms with E-state index in [0.29, 0.717) is 17.1 Å². The highest BCUT2D eigenvalue weighted by Gasteiger charge is 2.14. The molecule has 114 valence electrons. The number of benzene rings is 1. The number of allylic oxidation sites excluding steroid dienone is 1. The van der Waals surface area contributed by atoms with Gasteiger partial charge in [-0.25, -0.2) is 4.79 Å². The summed E-state index contributed by atoms with van der Waals surface area (Å²) in [5.74, 6) is -0.624. The van der Waals surface area contributed by atoms with Crippen molar-refractivity contribution in [3.63, 3.8) is 0 Å². The molecule has 0 atom stereocenters. The Kier molecular flexibility index (Phi) is 5.96. The number of carboxylic acids is 1. The number of ketones is 1. The zero-order valence-electron chi connectivity index (χ0n) is 12.6. The Morgan fingerprint density at radius 3 is 2.19 bits per heavy atom. The predicted octanol–water partition coefficient (Wildman–Crippen LogP) is 3.08. The van der Waals surface area contributed by atoms with Gasteiger partial charge in [-0.2, -0.15) is 0 Å². The highest BCUT2D eigenvalue weighted by molar-refractivity contribution is 6.08. The molecule has 5 heteroatoms. The summed E-state index contributed by atoms with van der Waals surface area (Å²) in [5.41, 5.74) is 0.303. The van der Waals surface area contributed by atoms with Gasteiger partial charge < -0.3 is 14.6 Å². The zero-order valence-corrected chi connectivity index (χ0v) is 12.6. The Morgan fingerprint density at radius 1 is 1.05 bits per heavy atom. The topological polar surface area (TPSA) is 72.8 Å². The molecule has 0 bridgehead atoms. The highest BCUT2D eigenvalue weighted by atomic mass is 16.5. The van der Waals surface area contributed by atoms with Gasteiger partial charge in [-0.1, -0.05) is 0 Å². The molecule has 0 fully saturated rings. The summed E-state index contributed by atoms with van der Waals surface area (Å²) in [7, 11) is 0. The van der Waals surface area contributed by atoms with E-state index in [-0.39, 0.29) is 12.2 Å². The molecule has 1 aromatic rings. The number of hydrogen-bond acceptors (Lipinski definition) is 4. The first kappa shape index (κ1) is 16.8. The van der Waals surface area contributed by atoms with E-state index in [4.69, 9.17) is 14.6 Å². The molecular formula is C16H20O5.